The number of aryl methyl sites for hydroxylation is 1. The van der Waals surface area contributed by atoms with E-state index in [1.165, 1.54) is 20.3 Å². The average molecular weight is 330 g/mol. The van der Waals surface area contributed by atoms with Crippen LogP contribution in [0, 0.1) is 17.0 Å². The highest BCUT2D eigenvalue weighted by Crippen LogP contribution is 2.26. The van der Waals surface area contributed by atoms with Crippen LogP contribution < -0.4 is 14.8 Å². The summed E-state index contributed by atoms with van der Waals surface area (Å²) >= 11 is 0. The van der Waals surface area contributed by atoms with Gasteiger partial charge in [0.15, 0.2) is 0 Å². The molecular weight excluding hydrogens is 312 g/mol. The number of nitrogens with one attached hydrogen (secondary N) is 1. The zero-order valence-electron chi connectivity index (χ0n) is 13.7. The number of nitro groups is 1. The van der Waals surface area contributed by atoms with Gasteiger partial charge < -0.3 is 14.8 Å². The van der Waals surface area contributed by atoms with E-state index in [1.807, 2.05) is 0 Å². The highest BCUT2D eigenvalue weighted by Gasteiger charge is 2.14. The maximum Gasteiger partial charge on any atom is 0.274 e. The van der Waals surface area contributed by atoms with Crippen molar-refractivity contribution in [2.75, 3.05) is 19.5 Å². The second-order valence-corrected chi connectivity index (χ2v) is 5.16. The molecule has 0 aliphatic heterocycles. The third-order valence-corrected chi connectivity index (χ3v) is 3.53. The number of amides is 1. The van der Waals surface area contributed by atoms with Crippen molar-refractivity contribution >= 4 is 17.3 Å². The van der Waals surface area contributed by atoms with Gasteiger partial charge in [0.2, 0.25) is 5.91 Å². The van der Waals surface area contributed by atoms with Crippen LogP contribution in [0.5, 0.6) is 11.5 Å². The average Bonchev–Trinajstić information content (AvgIpc) is 2.56. The Hall–Kier alpha value is -3.09. The van der Waals surface area contributed by atoms with Gasteiger partial charge in [-0.05, 0) is 31.2 Å². The largest absolute Gasteiger partial charge is 0.497 e. The molecule has 2 aromatic rings. The summed E-state index contributed by atoms with van der Waals surface area (Å²) in [5.74, 6) is 0.880. The Morgan fingerprint density at radius 1 is 1.17 bits per heavy atom. The van der Waals surface area contributed by atoms with Crippen molar-refractivity contribution in [1.82, 2.24) is 0 Å². The lowest BCUT2D eigenvalue weighted by molar-refractivity contribution is -0.385. The van der Waals surface area contributed by atoms with Crippen molar-refractivity contribution in [3.05, 3.63) is 57.6 Å². The molecule has 126 valence electrons. The SMILES string of the molecule is COc1ccc(OC)c(CC(=O)Nc2ccc(C)c([N+](=O)[O-])c2)c1. The molecule has 1 amide bonds. The first-order valence-electron chi connectivity index (χ1n) is 7.20. The van der Waals surface area contributed by atoms with E-state index in [-0.39, 0.29) is 18.0 Å². The summed E-state index contributed by atoms with van der Waals surface area (Å²) < 4.78 is 10.4. The van der Waals surface area contributed by atoms with E-state index in [0.29, 0.717) is 28.3 Å². The summed E-state index contributed by atoms with van der Waals surface area (Å²) in [6.07, 6.45) is 0.0576. The quantitative estimate of drug-likeness (QED) is 0.649. The van der Waals surface area contributed by atoms with E-state index in [1.54, 1.807) is 37.3 Å². The van der Waals surface area contributed by atoms with Crippen molar-refractivity contribution in [2.24, 2.45) is 0 Å². The van der Waals surface area contributed by atoms with Crippen LogP contribution in [0.4, 0.5) is 11.4 Å². The molecule has 2 aromatic carbocycles. The molecule has 0 fully saturated rings. The summed E-state index contributed by atoms with van der Waals surface area (Å²) in [6, 6.07) is 9.75. The van der Waals surface area contributed by atoms with Crippen LogP contribution in [0.1, 0.15) is 11.1 Å². The van der Waals surface area contributed by atoms with Gasteiger partial charge in [-0.15, -0.1) is 0 Å². The summed E-state index contributed by atoms with van der Waals surface area (Å²) in [5, 5.41) is 13.6. The summed E-state index contributed by atoms with van der Waals surface area (Å²) in [6.45, 7) is 1.64. The molecule has 0 bridgehead atoms. The van der Waals surface area contributed by atoms with Crippen molar-refractivity contribution < 1.29 is 19.2 Å². The second-order valence-electron chi connectivity index (χ2n) is 5.16. The topological polar surface area (TPSA) is 90.7 Å². The maximum atomic E-state index is 12.2. The van der Waals surface area contributed by atoms with Crippen LogP contribution in [0.15, 0.2) is 36.4 Å². The molecule has 0 radical (unpaired) electrons. The molecule has 0 spiro atoms. The van der Waals surface area contributed by atoms with Crippen LogP contribution >= 0.6 is 0 Å². The molecular formula is C17H18N2O5. The van der Waals surface area contributed by atoms with Gasteiger partial charge in [-0.3, -0.25) is 14.9 Å². The third-order valence-electron chi connectivity index (χ3n) is 3.53. The molecule has 0 unspecified atom stereocenters. The monoisotopic (exact) mass is 330 g/mol. The molecule has 0 aliphatic rings. The predicted octanol–water partition coefficient (Wildman–Crippen LogP) is 3.10. The van der Waals surface area contributed by atoms with Gasteiger partial charge >= 0.3 is 0 Å². The highest BCUT2D eigenvalue weighted by molar-refractivity contribution is 5.93. The summed E-state index contributed by atoms with van der Waals surface area (Å²) in [4.78, 5) is 22.7. The fourth-order valence-corrected chi connectivity index (χ4v) is 2.28. The highest BCUT2D eigenvalue weighted by atomic mass is 16.6. The number of carbonyl (C=O) groups excluding carboxylic acids is 1. The first kappa shape index (κ1) is 17.3. The van der Waals surface area contributed by atoms with E-state index in [9.17, 15) is 14.9 Å². The first-order valence-corrected chi connectivity index (χ1v) is 7.20. The maximum absolute atomic E-state index is 12.2. The van der Waals surface area contributed by atoms with E-state index in [0.717, 1.165) is 0 Å². The Bertz CT molecular complexity index is 774. The molecule has 0 heterocycles. The van der Waals surface area contributed by atoms with Crippen LogP contribution in [0.2, 0.25) is 0 Å². The Morgan fingerprint density at radius 2 is 1.92 bits per heavy atom. The van der Waals surface area contributed by atoms with Gasteiger partial charge in [-0.1, -0.05) is 6.07 Å². The molecule has 0 saturated carbocycles. The summed E-state index contributed by atoms with van der Waals surface area (Å²) in [7, 11) is 3.06. The van der Waals surface area contributed by atoms with E-state index in [4.69, 9.17) is 9.47 Å². The van der Waals surface area contributed by atoms with Crippen LogP contribution in [-0.2, 0) is 11.2 Å². The van der Waals surface area contributed by atoms with E-state index in [2.05, 4.69) is 5.32 Å². The predicted molar refractivity (Wildman–Crippen MR) is 89.7 cm³/mol. The number of rotatable bonds is 6. The molecule has 0 aromatic heterocycles. The Morgan fingerprint density at radius 3 is 2.54 bits per heavy atom. The number of nitrogens with zero attached hydrogens (tertiary/aromatic N) is 1. The fraction of sp³-hybridized carbons (Fsp3) is 0.235. The lowest BCUT2D eigenvalue weighted by Crippen LogP contribution is -2.15. The standard InChI is InChI=1S/C17H18N2O5/c1-11-4-5-13(10-15(11)19(21)22)18-17(20)9-12-8-14(23-2)6-7-16(12)24-3/h4-8,10H,9H2,1-3H3,(H,18,20). The number of nitro benzene ring substituents is 1. The molecule has 1 N–H and O–H groups in total. The van der Waals surface area contributed by atoms with E-state index < -0.39 is 4.92 Å². The minimum absolute atomic E-state index is 0.0354. The number of anilines is 1. The molecule has 7 heteroatoms. The van der Waals surface area contributed by atoms with Crippen LogP contribution in [0.25, 0.3) is 0 Å². The van der Waals surface area contributed by atoms with Gasteiger partial charge in [0.05, 0.1) is 25.6 Å². The Labute approximate surface area is 139 Å². The van der Waals surface area contributed by atoms with Gasteiger partial charge in [-0.2, -0.15) is 0 Å². The van der Waals surface area contributed by atoms with Crippen LogP contribution in [-0.4, -0.2) is 25.1 Å². The minimum atomic E-state index is -0.476. The van der Waals surface area contributed by atoms with Gasteiger partial charge in [-0.25, -0.2) is 0 Å². The van der Waals surface area contributed by atoms with Crippen molar-refractivity contribution in [2.45, 2.75) is 13.3 Å². The van der Waals surface area contributed by atoms with Crippen LogP contribution in [0.3, 0.4) is 0 Å². The van der Waals surface area contributed by atoms with E-state index >= 15 is 0 Å². The number of methoxy groups -OCH3 is 2. The number of hydrogen-bond acceptors (Lipinski definition) is 5. The number of hydrogen-bond donors (Lipinski definition) is 1. The number of benzene rings is 2. The smallest absolute Gasteiger partial charge is 0.274 e. The molecule has 0 atom stereocenters. The lowest BCUT2D eigenvalue weighted by atomic mass is 10.1. The Balaban J connectivity index is 2.17. The Kier molecular flexibility index (Phi) is 5.36. The molecule has 24 heavy (non-hydrogen) atoms. The number of ether oxygens (including phenoxy) is 2. The van der Waals surface area contributed by atoms with Crippen molar-refractivity contribution in [3.8, 4) is 11.5 Å². The molecule has 2 rings (SSSR count). The van der Waals surface area contributed by atoms with Gasteiger partial charge in [0.1, 0.15) is 11.5 Å². The fourth-order valence-electron chi connectivity index (χ4n) is 2.28. The first-order chi connectivity index (χ1) is 11.4. The number of carbonyl (C=O) groups is 1. The molecule has 7 nitrogen and oxygen atoms in total. The van der Waals surface area contributed by atoms with Gasteiger partial charge in [0, 0.05) is 22.9 Å². The zero-order chi connectivity index (χ0) is 17.7. The third kappa shape index (κ3) is 4.01. The van der Waals surface area contributed by atoms with Crippen molar-refractivity contribution in [1.29, 1.82) is 0 Å². The van der Waals surface area contributed by atoms with Crippen molar-refractivity contribution in [3.63, 3.8) is 0 Å². The van der Waals surface area contributed by atoms with Gasteiger partial charge in [0.25, 0.3) is 5.69 Å². The summed E-state index contributed by atoms with van der Waals surface area (Å²) in [5.41, 5.74) is 1.54. The second kappa shape index (κ2) is 7.45. The lowest BCUT2D eigenvalue weighted by Gasteiger charge is -2.11. The normalized spacial score (nSPS) is 10.1. The zero-order valence-corrected chi connectivity index (χ0v) is 13.7. The molecule has 0 aliphatic carbocycles. The molecule has 0 saturated heterocycles. The minimum Gasteiger partial charge on any atom is -0.497 e.